The van der Waals surface area contributed by atoms with Gasteiger partial charge in [-0.15, -0.1) is 0 Å². The minimum absolute atomic E-state index is 0.287. The molecule has 0 aromatic heterocycles. The van der Waals surface area contributed by atoms with Gasteiger partial charge in [-0.25, -0.2) is 8.78 Å². The molecule has 0 spiro atoms. The first kappa shape index (κ1) is 9.74. The lowest BCUT2D eigenvalue weighted by atomic mass is 9.86. The molecule has 0 radical (unpaired) electrons. The molecule has 3 atom stereocenters. The minimum Gasteiger partial charge on any atom is -0.244 e. The van der Waals surface area contributed by atoms with Crippen LogP contribution in [0.2, 0.25) is 0 Å². The minimum atomic E-state index is -4.37. The second-order valence-electron chi connectivity index (χ2n) is 3.08. The Bertz CT molecular complexity index is 152. The summed E-state index contributed by atoms with van der Waals surface area (Å²) in [6.45, 7) is 0. The van der Waals surface area contributed by atoms with Gasteiger partial charge >= 0.3 is 6.18 Å². The normalized spacial score (nSPS) is 38.2. The lowest BCUT2D eigenvalue weighted by Gasteiger charge is -2.28. The van der Waals surface area contributed by atoms with Crippen LogP contribution in [0, 0.1) is 5.92 Å². The Labute approximate surface area is 66.8 Å². The average Bonchev–Trinajstić information content (AvgIpc) is 1.92. The fourth-order valence-electron chi connectivity index (χ4n) is 1.38. The zero-order valence-corrected chi connectivity index (χ0v) is 6.24. The maximum absolute atomic E-state index is 12.5. The van der Waals surface area contributed by atoms with Crippen LogP contribution in [-0.4, -0.2) is 18.5 Å². The standard InChI is InChI=1S/C7H9F5/c8-5-2-1-4(3-6(5)9)7(10,11)12/h4-6H,1-3H2. The second kappa shape index (κ2) is 3.18. The van der Waals surface area contributed by atoms with Gasteiger partial charge in [0.15, 0.2) is 0 Å². The quantitative estimate of drug-likeness (QED) is 0.512. The summed E-state index contributed by atoms with van der Waals surface area (Å²) in [5.41, 5.74) is 0. The van der Waals surface area contributed by atoms with Gasteiger partial charge in [0.2, 0.25) is 0 Å². The molecule has 3 unspecified atom stereocenters. The number of hydrogen-bond donors (Lipinski definition) is 0. The van der Waals surface area contributed by atoms with E-state index in [0.717, 1.165) is 0 Å². The fourth-order valence-corrected chi connectivity index (χ4v) is 1.38. The average molecular weight is 188 g/mol. The predicted octanol–water partition coefficient (Wildman–Crippen LogP) is 3.03. The third kappa shape index (κ3) is 2.08. The van der Waals surface area contributed by atoms with E-state index in [1.165, 1.54) is 0 Å². The van der Waals surface area contributed by atoms with E-state index in [0.29, 0.717) is 0 Å². The fraction of sp³-hybridized carbons (Fsp3) is 1.00. The molecule has 0 aromatic carbocycles. The Morgan fingerprint density at radius 1 is 0.917 bits per heavy atom. The van der Waals surface area contributed by atoms with E-state index < -0.39 is 30.9 Å². The van der Waals surface area contributed by atoms with Crippen LogP contribution in [0.4, 0.5) is 22.0 Å². The van der Waals surface area contributed by atoms with Crippen LogP contribution >= 0.6 is 0 Å². The van der Waals surface area contributed by atoms with Crippen LogP contribution in [0.3, 0.4) is 0 Å². The molecule has 12 heavy (non-hydrogen) atoms. The second-order valence-corrected chi connectivity index (χ2v) is 3.08. The lowest BCUT2D eigenvalue weighted by Crippen LogP contribution is -2.35. The highest BCUT2D eigenvalue weighted by Gasteiger charge is 2.45. The maximum atomic E-state index is 12.5. The van der Waals surface area contributed by atoms with Gasteiger partial charge < -0.3 is 0 Å². The molecule has 1 fully saturated rings. The van der Waals surface area contributed by atoms with Crippen LogP contribution < -0.4 is 0 Å². The van der Waals surface area contributed by atoms with Crippen LogP contribution in [-0.2, 0) is 0 Å². The highest BCUT2D eigenvalue weighted by molar-refractivity contribution is 4.83. The molecule has 72 valence electrons. The lowest BCUT2D eigenvalue weighted by molar-refractivity contribution is -0.190. The molecule has 1 aliphatic carbocycles. The molecule has 1 aliphatic rings. The third-order valence-electron chi connectivity index (χ3n) is 2.16. The molecule has 0 amide bonds. The molecule has 0 saturated heterocycles. The molecular weight excluding hydrogens is 179 g/mol. The first-order valence-corrected chi connectivity index (χ1v) is 3.76. The molecule has 5 heteroatoms. The molecule has 0 heterocycles. The maximum Gasteiger partial charge on any atom is 0.391 e. The summed E-state index contributed by atoms with van der Waals surface area (Å²) in [5.74, 6) is -1.65. The van der Waals surface area contributed by atoms with Crippen molar-refractivity contribution >= 4 is 0 Å². The predicted molar refractivity (Wildman–Crippen MR) is 33.2 cm³/mol. The summed E-state index contributed by atoms with van der Waals surface area (Å²) in [6, 6.07) is 0. The highest BCUT2D eigenvalue weighted by atomic mass is 19.4. The van der Waals surface area contributed by atoms with E-state index in [1.54, 1.807) is 0 Å². The van der Waals surface area contributed by atoms with Gasteiger partial charge in [0.25, 0.3) is 0 Å². The molecule has 0 aromatic rings. The van der Waals surface area contributed by atoms with E-state index in [1.807, 2.05) is 0 Å². The summed E-state index contributed by atoms with van der Waals surface area (Å²) in [7, 11) is 0. The Kier molecular flexibility index (Phi) is 2.58. The SMILES string of the molecule is FC1CCC(C(F)(F)F)CC1F. The Hall–Kier alpha value is -0.350. The van der Waals surface area contributed by atoms with E-state index in [2.05, 4.69) is 0 Å². The summed E-state index contributed by atoms with van der Waals surface area (Å²) in [6.07, 6.45) is -9.33. The summed E-state index contributed by atoms with van der Waals surface area (Å²) in [4.78, 5) is 0. The first-order valence-electron chi connectivity index (χ1n) is 3.76. The van der Waals surface area contributed by atoms with Crippen LogP contribution in [0.1, 0.15) is 19.3 Å². The molecule has 1 saturated carbocycles. The highest BCUT2D eigenvalue weighted by Crippen LogP contribution is 2.39. The molecule has 0 aliphatic heterocycles. The van der Waals surface area contributed by atoms with Crippen molar-refractivity contribution < 1.29 is 22.0 Å². The van der Waals surface area contributed by atoms with Crippen molar-refractivity contribution in [3.8, 4) is 0 Å². The zero-order chi connectivity index (χ0) is 9.35. The largest absolute Gasteiger partial charge is 0.391 e. The zero-order valence-electron chi connectivity index (χ0n) is 6.24. The van der Waals surface area contributed by atoms with Crippen molar-refractivity contribution in [2.75, 3.05) is 0 Å². The van der Waals surface area contributed by atoms with Crippen molar-refractivity contribution in [1.29, 1.82) is 0 Å². The van der Waals surface area contributed by atoms with E-state index in [9.17, 15) is 22.0 Å². The van der Waals surface area contributed by atoms with Crippen molar-refractivity contribution in [3.63, 3.8) is 0 Å². The first-order chi connectivity index (χ1) is 5.41. The van der Waals surface area contributed by atoms with E-state index >= 15 is 0 Å². The Balaban J connectivity index is 2.51. The summed E-state index contributed by atoms with van der Waals surface area (Å²) in [5, 5.41) is 0. The van der Waals surface area contributed by atoms with Crippen molar-refractivity contribution in [1.82, 2.24) is 0 Å². The molecule has 1 rings (SSSR count). The summed E-state index contributed by atoms with van der Waals surface area (Å²) < 4.78 is 60.7. The van der Waals surface area contributed by atoms with Gasteiger partial charge in [0.1, 0.15) is 12.3 Å². The number of halogens is 5. The number of rotatable bonds is 0. The number of hydrogen-bond acceptors (Lipinski definition) is 0. The van der Waals surface area contributed by atoms with Gasteiger partial charge in [-0.3, -0.25) is 0 Å². The molecular formula is C7H9F5. The van der Waals surface area contributed by atoms with E-state index in [4.69, 9.17) is 0 Å². The van der Waals surface area contributed by atoms with Gasteiger partial charge in [0, 0.05) is 0 Å². The van der Waals surface area contributed by atoms with Crippen molar-refractivity contribution in [3.05, 3.63) is 0 Å². The van der Waals surface area contributed by atoms with Crippen LogP contribution in [0.25, 0.3) is 0 Å². The molecule has 0 nitrogen and oxygen atoms in total. The summed E-state index contributed by atoms with van der Waals surface area (Å²) >= 11 is 0. The van der Waals surface area contributed by atoms with Crippen molar-refractivity contribution in [2.24, 2.45) is 5.92 Å². The third-order valence-corrected chi connectivity index (χ3v) is 2.16. The van der Waals surface area contributed by atoms with Gasteiger partial charge in [-0.1, -0.05) is 0 Å². The van der Waals surface area contributed by atoms with E-state index in [-0.39, 0.29) is 12.8 Å². The van der Waals surface area contributed by atoms with Crippen LogP contribution in [0.15, 0.2) is 0 Å². The molecule has 0 bridgehead atoms. The van der Waals surface area contributed by atoms with Crippen LogP contribution in [0.5, 0.6) is 0 Å². The smallest absolute Gasteiger partial charge is 0.244 e. The van der Waals surface area contributed by atoms with Gasteiger partial charge in [-0.2, -0.15) is 13.2 Å². The number of alkyl halides is 5. The van der Waals surface area contributed by atoms with Crippen molar-refractivity contribution in [2.45, 2.75) is 37.8 Å². The van der Waals surface area contributed by atoms with Gasteiger partial charge in [0.05, 0.1) is 5.92 Å². The topological polar surface area (TPSA) is 0 Å². The Morgan fingerprint density at radius 3 is 1.92 bits per heavy atom. The van der Waals surface area contributed by atoms with Gasteiger partial charge in [-0.05, 0) is 19.3 Å². The molecule has 0 N–H and O–H groups in total. The monoisotopic (exact) mass is 188 g/mol. The Morgan fingerprint density at radius 2 is 1.50 bits per heavy atom.